The van der Waals surface area contributed by atoms with Crippen molar-refractivity contribution in [3.05, 3.63) is 174 Å². The van der Waals surface area contributed by atoms with E-state index in [1.54, 1.807) is 129 Å². The molecule has 0 saturated carbocycles. The average molecular weight is 1810 g/mol. The first-order chi connectivity index (χ1) is 61.0. The predicted molar refractivity (Wildman–Crippen MR) is 479 cm³/mol. The molecule has 0 aliphatic heterocycles. The van der Waals surface area contributed by atoms with Gasteiger partial charge in [-0.15, -0.1) is 0 Å². The van der Waals surface area contributed by atoms with Gasteiger partial charge in [0.05, 0.1) is 12.6 Å². The zero-order chi connectivity index (χ0) is 93.7. The number of phenolic OH excluding ortho intramolecular Hbond substituents is 1. The quantitative estimate of drug-likeness (QED) is 0.0137. The number of aromatic amines is 2. The fraction of sp³-hybridized carbons (Fsp3) is 0.414. The number of aliphatic hydroxyl groups excluding tert-OH is 1. The number of fused-ring (bicyclic) bond motifs is 2. The van der Waals surface area contributed by atoms with Crippen molar-refractivity contribution >= 4 is 147 Å². The first-order valence-electron chi connectivity index (χ1n) is 41.6. The molecule has 7 rings (SSSR count). The molecule has 7 aromatic rings. The van der Waals surface area contributed by atoms with Crippen molar-refractivity contribution < 1.29 is 91.7 Å². The van der Waals surface area contributed by atoms with Crippen LogP contribution in [0.2, 0.25) is 0 Å². The van der Waals surface area contributed by atoms with Gasteiger partial charge < -0.3 is 118 Å². The summed E-state index contributed by atoms with van der Waals surface area (Å²) in [7, 11) is 0. The molecule has 26 N–H and O–H groups in total. The third kappa shape index (κ3) is 32.8. The number of para-hydroxylation sites is 2. The van der Waals surface area contributed by atoms with Crippen molar-refractivity contribution in [1.82, 2.24) is 84.4 Å². The normalized spacial score (nSPS) is 14.2. The Hall–Kier alpha value is -13.4. The van der Waals surface area contributed by atoms with Gasteiger partial charge in [-0.2, -0.15) is 25.3 Å². The minimum atomic E-state index is -1.92. The maximum Gasteiger partial charge on any atom is 0.245 e. The summed E-state index contributed by atoms with van der Waals surface area (Å²) < 4.78 is 0. The number of carbonyl (C=O) groups is 17. The number of aliphatic hydroxyl groups is 1. The lowest BCUT2D eigenvalue weighted by atomic mass is 9.98. The van der Waals surface area contributed by atoms with E-state index in [1.807, 2.05) is 0 Å². The smallest absolute Gasteiger partial charge is 0.245 e. The van der Waals surface area contributed by atoms with Crippen LogP contribution in [0.1, 0.15) is 107 Å². The molecular weight excluding hydrogens is 1690 g/mol. The molecule has 41 heteroatoms. The molecule has 2 heterocycles. The molecule has 0 fully saturated rings. The first-order valence-corrected chi connectivity index (χ1v) is 42.9. The minimum Gasteiger partial charge on any atom is -0.508 e. The second kappa shape index (κ2) is 51.3. The van der Waals surface area contributed by atoms with E-state index in [0.29, 0.717) is 69.0 Å². The number of rotatable bonds is 53. The van der Waals surface area contributed by atoms with Crippen molar-refractivity contribution in [1.29, 1.82) is 0 Å². The lowest BCUT2D eigenvalue weighted by molar-refractivity contribution is -0.137. The number of amides is 17. The highest BCUT2D eigenvalue weighted by atomic mass is 32.1. The van der Waals surface area contributed by atoms with E-state index in [1.165, 1.54) is 30.5 Å². The van der Waals surface area contributed by atoms with Crippen LogP contribution in [0.4, 0.5) is 0 Å². The van der Waals surface area contributed by atoms with Gasteiger partial charge in [0, 0.05) is 111 Å². The van der Waals surface area contributed by atoms with Crippen LogP contribution in [0, 0.1) is 5.92 Å². The zero-order valence-corrected chi connectivity index (χ0v) is 73.0. The number of aromatic nitrogens is 2. The Balaban J connectivity index is 1.13. The van der Waals surface area contributed by atoms with Crippen LogP contribution >= 0.6 is 25.3 Å². The number of nitrogens with one attached hydrogen (secondary N) is 16. The molecule has 0 aliphatic rings. The second-order valence-corrected chi connectivity index (χ2v) is 31.8. The standard InChI is InChI=1S/C87H114N20O19S2/c1-47(2)74(86(125)103-63(37-50-17-7-5-8-18-50)77(116)95-44-73(114)92-36-34-72(113)97-60(76(91)115)25-15-16-35-88)106-83(122)65(38-51-19-9-6-10-20-51)100-82(121)66(40-53-42-93-58-23-13-11-21-56(53)58)102-80(119)64(39-52-26-28-55(110)29-27-52)101-85(124)69(46-128)105-78(117)61(30-32-70(89)111)98-81(120)67(41-54-43-94-59-24-14-12-22-57(54)59)104-87(126)75(48(3)108)107-79(118)62(31-33-71(90)112)99-84(123)68(45-127)96-49(4)109/h5-14,17-24,26-29,42-43,47-48,60-69,74-75,93-94,108,110,127-128H,15-16,25,30-41,44-46,88H2,1-4H3,(H2,89,111)(H2,90,112)(H2,91,115)(H,92,114)(H,95,116)(H,96,109)(H,97,113)(H,98,120)(H,99,123)(H,100,121)(H,101,124)(H,102,119)(H,103,125)(H,104,126)(H,105,117)(H,106,122)(H,107,118)/t48-,60-,61+,62+,63+,64+,65-,66+,67+,68+,69+,74+,75+/m1/s1. The number of primary amides is 3. The number of benzene rings is 5. The number of hydrogen-bond acceptors (Lipinski definition) is 22. The van der Waals surface area contributed by atoms with E-state index in [9.17, 15) is 77.3 Å². The van der Waals surface area contributed by atoms with Crippen LogP contribution in [0.15, 0.2) is 146 Å². The zero-order valence-electron chi connectivity index (χ0n) is 71.2. The third-order valence-corrected chi connectivity index (χ3v) is 21.4. The number of nitrogens with two attached hydrogens (primary N) is 4. The summed E-state index contributed by atoms with van der Waals surface area (Å²) in [5.41, 5.74) is 25.7. The monoisotopic (exact) mass is 1810 g/mol. The van der Waals surface area contributed by atoms with E-state index in [-0.39, 0.29) is 63.0 Å². The Kier molecular flexibility index (Phi) is 40.7. The van der Waals surface area contributed by atoms with Gasteiger partial charge in [-0.25, -0.2) is 0 Å². The second-order valence-electron chi connectivity index (χ2n) is 31.1. The summed E-state index contributed by atoms with van der Waals surface area (Å²) >= 11 is 8.52. The molecule has 0 bridgehead atoms. The Morgan fingerprint density at radius 3 is 1.19 bits per heavy atom. The van der Waals surface area contributed by atoms with Gasteiger partial charge in [-0.3, -0.25) is 81.5 Å². The number of aromatic hydroxyl groups is 1. The molecule has 0 radical (unpaired) electrons. The van der Waals surface area contributed by atoms with E-state index in [2.05, 4.69) is 110 Å². The van der Waals surface area contributed by atoms with E-state index >= 15 is 14.4 Å². The van der Waals surface area contributed by atoms with Crippen LogP contribution in [-0.2, 0) is 114 Å². The van der Waals surface area contributed by atoms with E-state index in [4.69, 9.17) is 22.9 Å². The molecule has 688 valence electrons. The lowest BCUT2D eigenvalue weighted by Gasteiger charge is -2.29. The van der Waals surface area contributed by atoms with Gasteiger partial charge in [0.15, 0.2) is 0 Å². The summed E-state index contributed by atoms with van der Waals surface area (Å²) in [6.45, 7) is 5.12. The van der Waals surface area contributed by atoms with Crippen molar-refractivity contribution in [3.63, 3.8) is 0 Å². The predicted octanol–water partition coefficient (Wildman–Crippen LogP) is -2.63. The largest absolute Gasteiger partial charge is 0.508 e. The third-order valence-electron chi connectivity index (χ3n) is 20.7. The molecule has 5 aromatic carbocycles. The molecular formula is C87H114N20O19S2. The number of carbonyl (C=O) groups excluding carboxylic acids is 17. The fourth-order valence-electron chi connectivity index (χ4n) is 13.7. The molecule has 128 heavy (non-hydrogen) atoms. The average Bonchev–Trinajstić information content (AvgIpc) is 1.63. The summed E-state index contributed by atoms with van der Waals surface area (Å²) in [6.07, 6.45) is -0.709. The number of H-pyrrole nitrogens is 2. The highest BCUT2D eigenvalue weighted by Crippen LogP contribution is 2.23. The maximum atomic E-state index is 15.5. The first kappa shape index (κ1) is 102. The minimum absolute atomic E-state index is 0.0978. The SMILES string of the molecule is CC(=O)N[C@@H](CS)C(=O)N[C@@H](CCC(N)=O)C(=O)N[C@H](C(=O)N[C@@H](Cc1c[nH]c2ccccc12)C(=O)N[C@@H](CCC(N)=O)C(=O)N[C@@H](CS)C(=O)N[C@@H](Cc1ccc(O)cc1)C(=O)N[C@@H](Cc1c[nH]c2ccccc12)C(=O)N[C@H](Cc1ccccc1)C(=O)N[C@H](C(=O)N[C@@H](Cc1ccccc1)C(=O)NCC(=O)NCCC(=O)N[C@H](CCCCN)C(N)=O)C(C)C)[C@@H](C)O. The number of phenols is 1. The molecule has 2 aromatic heterocycles. The number of unbranched alkanes of at least 4 members (excludes halogenated alkanes) is 1. The Bertz CT molecular complexity index is 5020. The van der Waals surface area contributed by atoms with Gasteiger partial charge in [0.25, 0.3) is 0 Å². The van der Waals surface area contributed by atoms with Crippen LogP contribution in [0.5, 0.6) is 5.75 Å². The molecule has 0 spiro atoms. The van der Waals surface area contributed by atoms with Gasteiger partial charge in [-0.1, -0.05) is 123 Å². The Morgan fingerprint density at radius 2 is 0.750 bits per heavy atom. The Labute approximate surface area is 748 Å². The summed E-state index contributed by atoms with van der Waals surface area (Å²) in [6, 6.07) is 18.0. The van der Waals surface area contributed by atoms with Crippen LogP contribution in [0.25, 0.3) is 21.8 Å². The van der Waals surface area contributed by atoms with Crippen molar-refractivity contribution in [2.45, 2.75) is 190 Å². The number of hydrogen-bond donors (Lipinski definition) is 24. The van der Waals surface area contributed by atoms with Crippen molar-refractivity contribution in [2.75, 3.05) is 31.1 Å². The van der Waals surface area contributed by atoms with Gasteiger partial charge in [-0.05, 0) is 104 Å². The van der Waals surface area contributed by atoms with Gasteiger partial charge >= 0.3 is 0 Å². The molecule has 17 amide bonds. The number of thiol groups is 2. The highest BCUT2D eigenvalue weighted by molar-refractivity contribution is 7.80. The van der Waals surface area contributed by atoms with Crippen LogP contribution in [-0.4, -0.2) is 230 Å². The lowest BCUT2D eigenvalue weighted by Crippen LogP contribution is -2.62. The molecule has 39 nitrogen and oxygen atoms in total. The summed E-state index contributed by atoms with van der Waals surface area (Å²) in [5.74, 6) is -17.1. The van der Waals surface area contributed by atoms with E-state index < -0.39 is 223 Å². The van der Waals surface area contributed by atoms with Gasteiger partial charge in [0.1, 0.15) is 78.3 Å². The van der Waals surface area contributed by atoms with Gasteiger partial charge in [0.2, 0.25) is 100 Å². The highest BCUT2D eigenvalue weighted by Gasteiger charge is 2.39. The van der Waals surface area contributed by atoms with E-state index in [0.717, 1.165) is 13.8 Å². The van der Waals surface area contributed by atoms with Crippen LogP contribution < -0.4 is 97.4 Å². The molecule has 0 unspecified atom stereocenters. The molecule has 0 aliphatic carbocycles. The fourth-order valence-corrected chi connectivity index (χ4v) is 14.2. The summed E-state index contributed by atoms with van der Waals surface area (Å²) in [5, 5.41) is 58.7. The Morgan fingerprint density at radius 1 is 0.375 bits per heavy atom. The van der Waals surface area contributed by atoms with Crippen molar-refractivity contribution in [2.24, 2.45) is 28.9 Å². The topological polar surface area (TPSA) is 635 Å². The maximum absolute atomic E-state index is 15.5. The molecule has 0 saturated heterocycles. The van der Waals surface area contributed by atoms with Crippen LogP contribution in [0.3, 0.4) is 0 Å². The molecule has 13 atom stereocenters. The summed E-state index contributed by atoms with van der Waals surface area (Å²) in [4.78, 5) is 242. The van der Waals surface area contributed by atoms with Crippen molar-refractivity contribution in [3.8, 4) is 5.75 Å².